The lowest BCUT2D eigenvalue weighted by Gasteiger charge is -2.10. The van der Waals surface area contributed by atoms with Crippen molar-refractivity contribution in [3.05, 3.63) is 40.1 Å². The van der Waals surface area contributed by atoms with Crippen LogP contribution in [0.25, 0.3) is 0 Å². The summed E-state index contributed by atoms with van der Waals surface area (Å²) in [6.45, 7) is 1.50. The van der Waals surface area contributed by atoms with E-state index >= 15 is 0 Å². The summed E-state index contributed by atoms with van der Waals surface area (Å²) in [5.41, 5.74) is 1.54. The number of aliphatic hydroxyl groups is 1. The van der Waals surface area contributed by atoms with Gasteiger partial charge in [-0.25, -0.2) is 8.42 Å². The number of halogens is 1. The highest BCUT2D eigenvalue weighted by molar-refractivity contribution is 9.10. The maximum Gasteiger partial charge on any atom is 0.263 e. The van der Waals surface area contributed by atoms with Crippen molar-refractivity contribution >= 4 is 31.6 Å². The SMILES string of the molecule is Cc1nn(C)cc1NS(=O)(=O)c1cc(CO)ccc1Br. The first kappa shape index (κ1) is 15.0. The number of hydrogen-bond donors (Lipinski definition) is 2. The minimum Gasteiger partial charge on any atom is -0.392 e. The standard InChI is InChI=1S/C12H14BrN3O3S/c1-8-11(6-16(2)14-8)15-20(18,19)12-5-9(7-17)3-4-10(12)13/h3-6,15,17H,7H2,1-2H3. The molecule has 0 unspecified atom stereocenters. The number of nitrogens with one attached hydrogen (secondary N) is 1. The van der Waals surface area contributed by atoms with Gasteiger partial charge in [-0.3, -0.25) is 9.40 Å². The highest BCUT2D eigenvalue weighted by Gasteiger charge is 2.20. The molecule has 0 fully saturated rings. The molecule has 2 N–H and O–H groups in total. The molecule has 8 heteroatoms. The van der Waals surface area contributed by atoms with Crippen LogP contribution in [0.15, 0.2) is 33.8 Å². The minimum absolute atomic E-state index is 0.0762. The Kier molecular flexibility index (Phi) is 4.17. The lowest BCUT2D eigenvalue weighted by Crippen LogP contribution is -2.14. The van der Waals surface area contributed by atoms with E-state index in [9.17, 15) is 8.42 Å². The summed E-state index contributed by atoms with van der Waals surface area (Å²) >= 11 is 3.21. The molecular weight excluding hydrogens is 346 g/mol. The van der Waals surface area contributed by atoms with Crippen molar-refractivity contribution in [1.82, 2.24) is 9.78 Å². The molecule has 0 aliphatic carbocycles. The van der Waals surface area contributed by atoms with Gasteiger partial charge in [0.2, 0.25) is 0 Å². The number of aryl methyl sites for hydroxylation is 2. The number of nitrogens with zero attached hydrogens (tertiary/aromatic N) is 2. The molecule has 20 heavy (non-hydrogen) atoms. The molecule has 0 bridgehead atoms. The molecule has 2 aromatic rings. The van der Waals surface area contributed by atoms with E-state index in [0.29, 0.717) is 21.4 Å². The molecule has 0 atom stereocenters. The predicted octanol–water partition coefficient (Wildman–Crippen LogP) is 1.78. The Morgan fingerprint density at radius 1 is 1.45 bits per heavy atom. The van der Waals surface area contributed by atoms with E-state index in [1.165, 1.54) is 10.7 Å². The number of aliphatic hydroxyl groups excluding tert-OH is 1. The van der Waals surface area contributed by atoms with Gasteiger partial charge in [0, 0.05) is 17.7 Å². The van der Waals surface area contributed by atoms with E-state index in [1.807, 2.05) is 0 Å². The van der Waals surface area contributed by atoms with Crippen molar-refractivity contribution in [3.63, 3.8) is 0 Å². The summed E-state index contributed by atoms with van der Waals surface area (Å²) in [6.07, 6.45) is 1.59. The van der Waals surface area contributed by atoms with Crippen LogP contribution in [0.4, 0.5) is 5.69 Å². The topological polar surface area (TPSA) is 84.2 Å². The molecule has 0 saturated carbocycles. The minimum atomic E-state index is -3.75. The number of aromatic nitrogens is 2. The Morgan fingerprint density at radius 3 is 2.70 bits per heavy atom. The molecule has 0 saturated heterocycles. The number of hydrogen-bond acceptors (Lipinski definition) is 4. The van der Waals surface area contributed by atoms with E-state index in [2.05, 4.69) is 25.8 Å². The second kappa shape index (κ2) is 5.55. The van der Waals surface area contributed by atoms with Gasteiger partial charge in [-0.15, -0.1) is 0 Å². The third kappa shape index (κ3) is 3.02. The Labute approximate surface area is 125 Å². The van der Waals surface area contributed by atoms with Crippen LogP contribution < -0.4 is 4.72 Å². The van der Waals surface area contributed by atoms with Gasteiger partial charge >= 0.3 is 0 Å². The molecular formula is C12H14BrN3O3S. The lowest BCUT2D eigenvalue weighted by molar-refractivity contribution is 0.281. The maximum atomic E-state index is 12.4. The monoisotopic (exact) mass is 359 g/mol. The maximum absolute atomic E-state index is 12.4. The first-order chi connectivity index (χ1) is 9.33. The highest BCUT2D eigenvalue weighted by Crippen LogP contribution is 2.26. The van der Waals surface area contributed by atoms with Crippen LogP contribution in [-0.4, -0.2) is 23.3 Å². The van der Waals surface area contributed by atoms with Crippen molar-refractivity contribution in [2.75, 3.05) is 4.72 Å². The summed E-state index contributed by atoms with van der Waals surface area (Å²) < 4.78 is 29.2. The highest BCUT2D eigenvalue weighted by atomic mass is 79.9. The Balaban J connectivity index is 2.43. The Morgan fingerprint density at radius 2 is 2.15 bits per heavy atom. The van der Waals surface area contributed by atoms with Crippen LogP contribution in [0.5, 0.6) is 0 Å². The molecule has 1 aromatic carbocycles. The summed E-state index contributed by atoms with van der Waals surface area (Å²) in [5, 5.41) is 13.2. The summed E-state index contributed by atoms with van der Waals surface area (Å²) in [5.74, 6) is 0. The first-order valence-electron chi connectivity index (χ1n) is 5.76. The zero-order valence-electron chi connectivity index (χ0n) is 11.0. The molecule has 1 heterocycles. The van der Waals surface area contributed by atoms with Gasteiger partial charge in [-0.2, -0.15) is 5.10 Å². The zero-order chi connectivity index (χ0) is 14.9. The van der Waals surface area contributed by atoms with Gasteiger partial charge in [-0.1, -0.05) is 6.07 Å². The molecule has 2 rings (SSSR count). The number of anilines is 1. The summed E-state index contributed by atoms with van der Waals surface area (Å²) in [4.78, 5) is 0.0762. The van der Waals surface area contributed by atoms with E-state index in [4.69, 9.17) is 5.11 Å². The second-order valence-corrected chi connectivity index (χ2v) is 6.84. The third-order valence-electron chi connectivity index (χ3n) is 2.73. The normalized spacial score (nSPS) is 11.6. The predicted molar refractivity (Wildman–Crippen MR) is 78.8 cm³/mol. The van der Waals surface area contributed by atoms with Crippen molar-refractivity contribution in [3.8, 4) is 0 Å². The van der Waals surface area contributed by atoms with E-state index in [1.54, 1.807) is 32.3 Å². The molecule has 1 aromatic heterocycles. The smallest absolute Gasteiger partial charge is 0.263 e. The quantitative estimate of drug-likeness (QED) is 0.871. The Bertz CT molecular complexity index is 740. The van der Waals surface area contributed by atoms with E-state index < -0.39 is 10.0 Å². The van der Waals surface area contributed by atoms with Crippen molar-refractivity contribution < 1.29 is 13.5 Å². The van der Waals surface area contributed by atoms with Gasteiger partial charge in [0.05, 0.1) is 18.0 Å². The molecule has 0 spiro atoms. The molecule has 108 valence electrons. The number of rotatable bonds is 4. The van der Waals surface area contributed by atoms with Gasteiger partial charge in [-0.05, 0) is 40.5 Å². The van der Waals surface area contributed by atoms with E-state index in [-0.39, 0.29) is 11.5 Å². The van der Waals surface area contributed by atoms with Gasteiger partial charge < -0.3 is 5.11 Å². The molecule has 0 aliphatic heterocycles. The van der Waals surface area contributed by atoms with Crippen LogP contribution in [0, 0.1) is 6.92 Å². The fourth-order valence-corrected chi connectivity index (χ4v) is 3.87. The van der Waals surface area contributed by atoms with Crippen molar-refractivity contribution in [1.29, 1.82) is 0 Å². The molecule has 0 aliphatic rings. The first-order valence-corrected chi connectivity index (χ1v) is 8.03. The lowest BCUT2D eigenvalue weighted by atomic mass is 10.2. The molecule has 0 amide bonds. The average molecular weight is 360 g/mol. The van der Waals surface area contributed by atoms with Crippen LogP contribution in [0.2, 0.25) is 0 Å². The molecule has 6 nitrogen and oxygen atoms in total. The summed E-state index contributed by atoms with van der Waals surface area (Å²) in [7, 11) is -2.03. The van der Waals surface area contributed by atoms with Crippen molar-refractivity contribution in [2.24, 2.45) is 7.05 Å². The van der Waals surface area contributed by atoms with Gasteiger partial charge in [0.25, 0.3) is 10.0 Å². The fraction of sp³-hybridized carbons (Fsp3) is 0.250. The second-order valence-electron chi connectivity index (χ2n) is 4.33. The van der Waals surface area contributed by atoms with Crippen LogP contribution >= 0.6 is 15.9 Å². The fourth-order valence-electron chi connectivity index (χ4n) is 1.75. The largest absolute Gasteiger partial charge is 0.392 e. The summed E-state index contributed by atoms with van der Waals surface area (Å²) in [6, 6.07) is 4.67. The van der Waals surface area contributed by atoms with Crippen LogP contribution in [0.1, 0.15) is 11.3 Å². The van der Waals surface area contributed by atoms with Crippen molar-refractivity contribution in [2.45, 2.75) is 18.4 Å². The average Bonchev–Trinajstić information content (AvgIpc) is 2.67. The van der Waals surface area contributed by atoms with Gasteiger partial charge in [0.1, 0.15) is 4.90 Å². The number of benzene rings is 1. The number of sulfonamides is 1. The zero-order valence-corrected chi connectivity index (χ0v) is 13.4. The molecule has 0 radical (unpaired) electrons. The van der Waals surface area contributed by atoms with Crippen LogP contribution in [-0.2, 0) is 23.7 Å². The van der Waals surface area contributed by atoms with Crippen LogP contribution in [0.3, 0.4) is 0 Å². The third-order valence-corrected chi connectivity index (χ3v) is 5.08. The van der Waals surface area contributed by atoms with E-state index in [0.717, 1.165) is 0 Å². The Hall–Kier alpha value is -1.38. The van der Waals surface area contributed by atoms with Gasteiger partial charge in [0.15, 0.2) is 0 Å².